The first kappa shape index (κ1) is 9.58. The molecule has 3 heteroatoms. The molecule has 14 heavy (non-hydrogen) atoms. The second-order valence-electron chi connectivity index (χ2n) is 2.86. The SMILES string of the molecule is Fc1ncc(-c2ccccc2)cc1I. The number of benzene rings is 1. The van der Waals surface area contributed by atoms with Gasteiger partial charge in [0.05, 0.1) is 3.57 Å². The van der Waals surface area contributed by atoms with Crippen LogP contribution in [-0.4, -0.2) is 4.98 Å². The van der Waals surface area contributed by atoms with E-state index in [1.165, 1.54) is 0 Å². The van der Waals surface area contributed by atoms with Crippen molar-refractivity contribution in [3.63, 3.8) is 0 Å². The first-order chi connectivity index (χ1) is 6.77. The van der Waals surface area contributed by atoms with E-state index in [0.717, 1.165) is 11.1 Å². The lowest BCUT2D eigenvalue weighted by Crippen LogP contribution is -1.88. The molecule has 2 aromatic rings. The van der Waals surface area contributed by atoms with Crippen molar-refractivity contribution in [2.45, 2.75) is 0 Å². The van der Waals surface area contributed by atoms with E-state index >= 15 is 0 Å². The van der Waals surface area contributed by atoms with Gasteiger partial charge < -0.3 is 0 Å². The number of halogens is 2. The van der Waals surface area contributed by atoms with E-state index in [1.807, 2.05) is 52.9 Å². The van der Waals surface area contributed by atoms with Crippen molar-refractivity contribution in [3.8, 4) is 11.1 Å². The Hall–Kier alpha value is -0.970. The van der Waals surface area contributed by atoms with Crippen molar-refractivity contribution in [1.82, 2.24) is 4.98 Å². The van der Waals surface area contributed by atoms with E-state index in [9.17, 15) is 4.39 Å². The highest BCUT2D eigenvalue weighted by molar-refractivity contribution is 14.1. The summed E-state index contributed by atoms with van der Waals surface area (Å²) in [7, 11) is 0. The van der Waals surface area contributed by atoms with Crippen molar-refractivity contribution >= 4 is 22.6 Å². The standard InChI is InChI=1S/C11H7FIN/c12-11-10(13)6-9(7-14-11)8-4-2-1-3-5-8/h1-7H. The zero-order valence-electron chi connectivity index (χ0n) is 7.24. The van der Waals surface area contributed by atoms with E-state index in [1.54, 1.807) is 12.3 Å². The molecule has 0 unspecified atom stereocenters. The summed E-state index contributed by atoms with van der Waals surface area (Å²) in [5.41, 5.74) is 1.99. The van der Waals surface area contributed by atoms with Gasteiger partial charge in [-0.3, -0.25) is 0 Å². The monoisotopic (exact) mass is 299 g/mol. The van der Waals surface area contributed by atoms with Gasteiger partial charge in [-0.15, -0.1) is 0 Å². The quantitative estimate of drug-likeness (QED) is 0.580. The van der Waals surface area contributed by atoms with Crippen LogP contribution in [0.3, 0.4) is 0 Å². The Labute approximate surface area is 95.1 Å². The molecule has 0 saturated carbocycles. The van der Waals surface area contributed by atoms with Crippen molar-refractivity contribution in [3.05, 3.63) is 52.1 Å². The lowest BCUT2D eigenvalue weighted by Gasteiger charge is -2.01. The average molecular weight is 299 g/mol. The molecule has 0 radical (unpaired) electrons. The first-order valence-electron chi connectivity index (χ1n) is 4.14. The Kier molecular flexibility index (Phi) is 2.77. The minimum atomic E-state index is -0.412. The number of nitrogens with zero attached hydrogens (tertiary/aromatic N) is 1. The maximum absolute atomic E-state index is 12.9. The molecule has 1 heterocycles. The molecule has 0 bridgehead atoms. The molecule has 70 valence electrons. The van der Waals surface area contributed by atoms with Gasteiger partial charge in [-0.05, 0) is 34.2 Å². The summed E-state index contributed by atoms with van der Waals surface area (Å²) in [5.74, 6) is -0.412. The van der Waals surface area contributed by atoms with E-state index in [2.05, 4.69) is 4.98 Å². The Morgan fingerprint density at radius 2 is 1.79 bits per heavy atom. The van der Waals surface area contributed by atoms with Crippen molar-refractivity contribution in [1.29, 1.82) is 0 Å². The predicted molar refractivity (Wildman–Crippen MR) is 62.3 cm³/mol. The molecule has 0 fully saturated rings. The number of rotatable bonds is 1. The molecule has 0 amide bonds. The van der Waals surface area contributed by atoms with Gasteiger partial charge in [0.25, 0.3) is 0 Å². The summed E-state index contributed by atoms with van der Waals surface area (Å²) < 4.78 is 13.4. The van der Waals surface area contributed by atoms with Gasteiger partial charge in [0.2, 0.25) is 5.95 Å². The highest BCUT2D eigenvalue weighted by Gasteiger charge is 2.02. The van der Waals surface area contributed by atoms with Gasteiger partial charge in [-0.25, -0.2) is 4.98 Å². The van der Waals surface area contributed by atoms with Crippen LogP contribution in [0, 0.1) is 9.52 Å². The predicted octanol–water partition coefficient (Wildman–Crippen LogP) is 3.49. The summed E-state index contributed by atoms with van der Waals surface area (Å²) in [6, 6.07) is 11.6. The van der Waals surface area contributed by atoms with Crippen LogP contribution in [0.5, 0.6) is 0 Å². The first-order valence-corrected chi connectivity index (χ1v) is 5.22. The van der Waals surface area contributed by atoms with Gasteiger partial charge in [0.1, 0.15) is 0 Å². The number of pyridine rings is 1. The van der Waals surface area contributed by atoms with Crippen LogP contribution in [-0.2, 0) is 0 Å². The molecule has 1 aromatic heterocycles. The second kappa shape index (κ2) is 4.04. The fraction of sp³-hybridized carbons (Fsp3) is 0. The smallest absolute Gasteiger partial charge is 0.226 e. The molecule has 0 aliphatic rings. The Morgan fingerprint density at radius 3 is 2.43 bits per heavy atom. The van der Waals surface area contributed by atoms with Crippen LogP contribution in [0.2, 0.25) is 0 Å². The summed E-state index contributed by atoms with van der Waals surface area (Å²) in [4.78, 5) is 3.68. The molecule has 0 aliphatic heterocycles. The second-order valence-corrected chi connectivity index (χ2v) is 4.02. The lowest BCUT2D eigenvalue weighted by atomic mass is 10.1. The van der Waals surface area contributed by atoms with Crippen molar-refractivity contribution in [2.24, 2.45) is 0 Å². The Balaban J connectivity index is 2.48. The fourth-order valence-electron chi connectivity index (χ4n) is 1.21. The lowest BCUT2D eigenvalue weighted by molar-refractivity contribution is 0.576. The van der Waals surface area contributed by atoms with Crippen molar-refractivity contribution < 1.29 is 4.39 Å². The molecule has 0 saturated heterocycles. The topological polar surface area (TPSA) is 12.9 Å². The van der Waals surface area contributed by atoms with Gasteiger partial charge >= 0.3 is 0 Å². The van der Waals surface area contributed by atoms with Crippen molar-refractivity contribution in [2.75, 3.05) is 0 Å². The molecular weight excluding hydrogens is 292 g/mol. The number of hydrogen-bond acceptors (Lipinski definition) is 1. The normalized spacial score (nSPS) is 10.1. The van der Waals surface area contributed by atoms with Gasteiger partial charge in [-0.2, -0.15) is 4.39 Å². The molecular formula is C11H7FIN. The van der Waals surface area contributed by atoms with Crippen LogP contribution in [0.25, 0.3) is 11.1 Å². The molecule has 0 spiro atoms. The van der Waals surface area contributed by atoms with E-state index < -0.39 is 5.95 Å². The Morgan fingerprint density at radius 1 is 1.07 bits per heavy atom. The summed E-state index contributed by atoms with van der Waals surface area (Å²) in [6.45, 7) is 0. The van der Waals surface area contributed by atoms with Crippen LogP contribution in [0.4, 0.5) is 4.39 Å². The number of aromatic nitrogens is 1. The molecule has 1 nitrogen and oxygen atoms in total. The third kappa shape index (κ3) is 1.92. The van der Waals surface area contributed by atoms with Crippen LogP contribution < -0.4 is 0 Å². The van der Waals surface area contributed by atoms with Crippen LogP contribution >= 0.6 is 22.6 Å². The van der Waals surface area contributed by atoms with E-state index in [-0.39, 0.29) is 0 Å². The minimum Gasteiger partial charge on any atom is -0.227 e. The third-order valence-electron chi connectivity index (χ3n) is 1.90. The molecule has 1 aromatic carbocycles. The highest BCUT2D eigenvalue weighted by Crippen LogP contribution is 2.20. The minimum absolute atomic E-state index is 0.412. The summed E-state index contributed by atoms with van der Waals surface area (Å²) in [6.07, 6.45) is 1.55. The highest BCUT2D eigenvalue weighted by atomic mass is 127. The van der Waals surface area contributed by atoms with E-state index in [0.29, 0.717) is 3.57 Å². The molecule has 2 rings (SSSR count). The summed E-state index contributed by atoms with van der Waals surface area (Å²) in [5, 5.41) is 0. The zero-order valence-corrected chi connectivity index (χ0v) is 9.40. The fourth-order valence-corrected chi connectivity index (χ4v) is 1.68. The average Bonchev–Trinajstić information content (AvgIpc) is 2.23. The maximum atomic E-state index is 12.9. The van der Waals surface area contributed by atoms with Gasteiger partial charge in [-0.1, -0.05) is 30.3 Å². The third-order valence-corrected chi connectivity index (χ3v) is 2.66. The van der Waals surface area contributed by atoms with Gasteiger partial charge in [0.15, 0.2) is 0 Å². The molecule has 0 N–H and O–H groups in total. The van der Waals surface area contributed by atoms with Crippen LogP contribution in [0.1, 0.15) is 0 Å². The summed E-state index contributed by atoms with van der Waals surface area (Å²) >= 11 is 1.94. The van der Waals surface area contributed by atoms with E-state index in [4.69, 9.17) is 0 Å². The van der Waals surface area contributed by atoms with Crippen LogP contribution in [0.15, 0.2) is 42.6 Å². The zero-order chi connectivity index (χ0) is 9.97. The number of hydrogen-bond donors (Lipinski definition) is 0. The Bertz CT molecular complexity index is 442. The largest absolute Gasteiger partial charge is 0.227 e. The maximum Gasteiger partial charge on any atom is 0.226 e. The van der Waals surface area contributed by atoms with Gasteiger partial charge in [0, 0.05) is 11.8 Å². The molecule has 0 atom stereocenters. The molecule has 0 aliphatic carbocycles.